The lowest BCUT2D eigenvalue weighted by atomic mass is 10.0. The Morgan fingerprint density at radius 2 is 2.05 bits per heavy atom. The van der Waals surface area contributed by atoms with Crippen molar-refractivity contribution < 1.29 is 4.79 Å². The Kier molecular flexibility index (Phi) is 5.07. The van der Waals surface area contributed by atoms with Crippen LogP contribution in [-0.2, 0) is 4.79 Å². The Morgan fingerprint density at radius 3 is 2.65 bits per heavy atom. The van der Waals surface area contributed by atoms with Gasteiger partial charge >= 0.3 is 0 Å². The van der Waals surface area contributed by atoms with Gasteiger partial charge in [0.25, 0.3) is 0 Å². The van der Waals surface area contributed by atoms with Gasteiger partial charge in [-0.05, 0) is 41.1 Å². The molecule has 0 bridgehead atoms. The van der Waals surface area contributed by atoms with Crippen molar-refractivity contribution in [3.8, 4) is 0 Å². The van der Waals surface area contributed by atoms with E-state index in [0.29, 0.717) is 5.92 Å². The zero-order chi connectivity index (χ0) is 14.4. The van der Waals surface area contributed by atoms with Crippen molar-refractivity contribution in [3.63, 3.8) is 0 Å². The van der Waals surface area contributed by atoms with Gasteiger partial charge in [0.05, 0.1) is 6.04 Å². The molecule has 0 aliphatic rings. The first-order valence-electron chi connectivity index (χ1n) is 6.59. The average Bonchev–Trinajstić information content (AvgIpc) is 2.97. The van der Waals surface area contributed by atoms with Crippen LogP contribution in [0.15, 0.2) is 48.1 Å². The standard InChI is InChI=1S/C16H18N2OS/c1-12(2)16(14-4-3-11-20-14)18-15(19)6-5-13-7-9-17-10-8-13/h3-12,16H,1-2H3,(H,18,19). The summed E-state index contributed by atoms with van der Waals surface area (Å²) in [6.07, 6.45) is 6.78. The number of rotatable bonds is 5. The highest BCUT2D eigenvalue weighted by molar-refractivity contribution is 7.10. The minimum absolute atomic E-state index is 0.0598. The van der Waals surface area contributed by atoms with Crippen LogP contribution in [0.5, 0.6) is 0 Å². The molecule has 0 spiro atoms. The molecule has 2 aromatic heterocycles. The number of amides is 1. The van der Waals surface area contributed by atoms with Crippen LogP contribution >= 0.6 is 11.3 Å². The summed E-state index contributed by atoms with van der Waals surface area (Å²) >= 11 is 1.67. The largest absolute Gasteiger partial charge is 0.345 e. The Balaban J connectivity index is 2.01. The Morgan fingerprint density at radius 1 is 1.30 bits per heavy atom. The third-order valence-electron chi connectivity index (χ3n) is 2.95. The Labute approximate surface area is 123 Å². The Bertz CT molecular complexity index is 561. The average molecular weight is 286 g/mol. The summed E-state index contributed by atoms with van der Waals surface area (Å²) in [6.45, 7) is 4.22. The number of pyridine rings is 1. The summed E-state index contributed by atoms with van der Waals surface area (Å²) in [7, 11) is 0. The van der Waals surface area contributed by atoms with Crippen molar-refractivity contribution >= 4 is 23.3 Å². The van der Waals surface area contributed by atoms with Crippen LogP contribution in [0, 0.1) is 5.92 Å². The fourth-order valence-electron chi connectivity index (χ4n) is 1.88. The van der Waals surface area contributed by atoms with E-state index >= 15 is 0 Å². The van der Waals surface area contributed by atoms with Crippen molar-refractivity contribution in [2.24, 2.45) is 5.92 Å². The maximum atomic E-state index is 12.0. The maximum absolute atomic E-state index is 12.0. The first kappa shape index (κ1) is 14.5. The third-order valence-corrected chi connectivity index (χ3v) is 3.90. The molecule has 0 aromatic carbocycles. The van der Waals surface area contributed by atoms with E-state index in [2.05, 4.69) is 30.2 Å². The quantitative estimate of drug-likeness (QED) is 0.852. The van der Waals surface area contributed by atoms with Crippen molar-refractivity contribution in [1.82, 2.24) is 10.3 Å². The summed E-state index contributed by atoms with van der Waals surface area (Å²) in [5.74, 6) is 0.279. The molecule has 0 radical (unpaired) electrons. The fourth-order valence-corrected chi connectivity index (χ4v) is 2.83. The summed E-state index contributed by atoms with van der Waals surface area (Å²) in [6, 6.07) is 7.85. The van der Waals surface area contributed by atoms with Crippen molar-refractivity contribution in [3.05, 3.63) is 58.6 Å². The predicted octanol–water partition coefficient (Wildman–Crippen LogP) is 3.67. The molecule has 1 unspecified atom stereocenters. The van der Waals surface area contributed by atoms with Gasteiger partial charge in [-0.15, -0.1) is 11.3 Å². The van der Waals surface area contributed by atoms with Crippen LogP contribution in [0.2, 0.25) is 0 Å². The second kappa shape index (κ2) is 7.01. The topological polar surface area (TPSA) is 42.0 Å². The number of thiophene rings is 1. The minimum atomic E-state index is -0.0751. The zero-order valence-electron chi connectivity index (χ0n) is 11.6. The summed E-state index contributed by atoms with van der Waals surface area (Å²) in [4.78, 5) is 17.1. The second-order valence-electron chi connectivity index (χ2n) is 4.86. The van der Waals surface area contributed by atoms with Crippen molar-refractivity contribution in [1.29, 1.82) is 0 Å². The van der Waals surface area contributed by atoms with Crippen molar-refractivity contribution in [2.75, 3.05) is 0 Å². The molecular weight excluding hydrogens is 268 g/mol. The SMILES string of the molecule is CC(C)C(NC(=O)C=Cc1ccncc1)c1cccs1. The predicted molar refractivity (Wildman–Crippen MR) is 83.3 cm³/mol. The van der Waals surface area contributed by atoms with E-state index in [1.54, 1.807) is 35.9 Å². The van der Waals surface area contributed by atoms with E-state index in [1.165, 1.54) is 4.88 Å². The Hall–Kier alpha value is -1.94. The second-order valence-corrected chi connectivity index (χ2v) is 5.84. The number of aromatic nitrogens is 1. The molecule has 1 atom stereocenters. The van der Waals surface area contributed by atoms with E-state index in [4.69, 9.17) is 0 Å². The molecule has 2 rings (SSSR count). The van der Waals surface area contributed by atoms with Gasteiger partial charge in [-0.3, -0.25) is 9.78 Å². The molecule has 1 N–H and O–H groups in total. The number of carbonyl (C=O) groups excluding carboxylic acids is 1. The van der Waals surface area contributed by atoms with Crippen LogP contribution in [-0.4, -0.2) is 10.9 Å². The molecule has 2 heterocycles. The molecular formula is C16H18N2OS. The molecule has 3 nitrogen and oxygen atoms in total. The number of nitrogens with zero attached hydrogens (tertiary/aromatic N) is 1. The van der Waals surface area contributed by atoms with Gasteiger partial charge in [-0.25, -0.2) is 0 Å². The zero-order valence-corrected chi connectivity index (χ0v) is 12.4. The van der Waals surface area contributed by atoms with Gasteiger partial charge < -0.3 is 5.32 Å². The molecule has 1 amide bonds. The fraction of sp³-hybridized carbons (Fsp3) is 0.250. The van der Waals surface area contributed by atoms with Gasteiger partial charge in [0, 0.05) is 23.3 Å². The smallest absolute Gasteiger partial charge is 0.244 e. The maximum Gasteiger partial charge on any atom is 0.244 e. The summed E-state index contributed by atoms with van der Waals surface area (Å²) < 4.78 is 0. The first-order chi connectivity index (χ1) is 9.66. The van der Waals surface area contributed by atoms with E-state index in [-0.39, 0.29) is 11.9 Å². The monoisotopic (exact) mass is 286 g/mol. The number of carbonyl (C=O) groups is 1. The van der Waals surface area contributed by atoms with Gasteiger partial charge in [0.1, 0.15) is 0 Å². The molecule has 2 aromatic rings. The molecule has 0 saturated carbocycles. The first-order valence-corrected chi connectivity index (χ1v) is 7.47. The molecule has 0 fully saturated rings. The lowest BCUT2D eigenvalue weighted by Gasteiger charge is -2.20. The van der Waals surface area contributed by atoms with E-state index in [9.17, 15) is 4.79 Å². The molecule has 0 aliphatic carbocycles. The number of hydrogen-bond donors (Lipinski definition) is 1. The normalized spacial score (nSPS) is 12.8. The molecule has 20 heavy (non-hydrogen) atoms. The number of nitrogens with one attached hydrogen (secondary N) is 1. The van der Waals surface area contributed by atoms with Crippen LogP contribution in [0.3, 0.4) is 0 Å². The lowest BCUT2D eigenvalue weighted by molar-refractivity contribution is -0.117. The van der Waals surface area contributed by atoms with E-state index in [1.807, 2.05) is 23.6 Å². The van der Waals surface area contributed by atoms with Crippen LogP contribution in [0.1, 0.15) is 30.3 Å². The molecule has 0 saturated heterocycles. The van der Waals surface area contributed by atoms with Crippen molar-refractivity contribution in [2.45, 2.75) is 19.9 Å². The summed E-state index contributed by atoms with van der Waals surface area (Å²) in [5, 5.41) is 5.09. The lowest BCUT2D eigenvalue weighted by Crippen LogP contribution is -2.29. The van der Waals surface area contributed by atoms with Crippen LogP contribution in [0.25, 0.3) is 6.08 Å². The molecule has 0 aliphatic heterocycles. The highest BCUT2D eigenvalue weighted by Crippen LogP contribution is 2.25. The number of hydrogen-bond acceptors (Lipinski definition) is 3. The van der Waals surface area contributed by atoms with Crippen LogP contribution < -0.4 is 5.32 Å². The van der Waals surface area contributed by atoms with Gasteiger partial charge in [0.15, 0.2) is 0 Å². The highest BCUT2D eigenvalue weighted by Gasteiger charge is 2.17. The highest BCUT2D eigenvalue weighted by atomic mass is 32.1. The van der Waals surface area contributed by atoms with Gasteiger partial charge in [-0.1, -0.05) is 19.9 Å². The molecule has 4 heteroatoms. The van der Waals surface area contributed by atoms with Crippen LogP contribution in [0.4, 0.5) is 0 Å². The molecule has 104 valence electrons. The van der Waals surface area contributed by atoms with E-state index in [0.717, 1.165) is 5.56 Å². The van der Waals surface area contributed by atoms with E-state index < -0.39 is 0 Å². The van der Waals surface area contributed by atoms with Gasteiger partial charge in [-0.2, -0.15) is 0 Å². The third kappa shape index (κ3) is 4.03. The minimum Gasteiger partial charge on any atom is -0.345 e. The van der Waals surface area contributed by atoms with Gasteiger partial charge in [0.2, 0.25) is 5.91 Å². The summed E-state index contributed by atoms with van der Waals surface area (Å²) in [5.41, 5.74) is 0.965.